The molecule has 6 fully saturated rings. The number of ether oxygens (including phenoxy) is 2. The van der Waals surface area contributed by atoms with E-state index in [1.807, 2.05) is 13.8 Å². The molecule has 166 valence electrons. The van der Waals surface area contributed by atoms with Crippen molar-refractivity contribution >= 4 is 11.9 Å². The number of fused-ring (bicyclic) bond motifs is 2. The predicted octanol–water partition coefficient (Wildman–Crippen LogP) is 0.265. The van der Waals surface area contributed by atoms with Crippen molar-refractivity contribution in [3.63, 3.8) is 0 Å². The van der Waals surface area contributed by atoms with Crippen molar-refractivity contribution in [2.24, 2.45) is 34.0 Å². The summed E-state index contributed by atoms with van der Waals surface area (Å²) in [7, 11) is 0. The molecular formula is C22H30O8. The Bertz CT molecular complexity index is 852. The molecule has 4 aliphatic carbocycles. The Morgan fingerprint density at radius 2 is 1.83 bits per heavy atom. The van der Waals surface area contributed by atoms with Gasteiger partial charge in [0.25, 0.3) is 0 Å². The number of hydrogen-bond acceptors (Lipinski definition) is 8. The number of aliphatic hydroxyl groups is 4. The van der Waals surface area contributed by atoms with Crippen LogP contribution in [0.5, 0.6) is 0 Å². The average molecular weight is 422 g/mol. The van der Waals surface area contributed by atoms with Crippen LogP contribution in [0.4, 0.5) is 0 Å². The van der Waals surface area contributed by atoms with Crippen LogP contribution in [-0.2, 0) is 19.1 Å². The summed E-state index contributed by atoms with van der Waals surface area (Å²) in [6.07, 6.45) is -3.21. The Kier molecular flexibility index (Phi) is 3.85. The van der Waals surface area contributed by atoms with Gasteiger partial charge in [0.1, 0.15) is 17.6 Å². The highest BCUT2D eigenvalue weighted by Crippen LogP contribution is 2.77. The summed E-state index contributed by atoms with van der Waals surface area (Å²) in [5.41, 5.74) is -3.40. The molecule has 30 heavy (non-hydrogen) atoms. The first kappa shape index (κ1) is 20.4. The van der Waals surface area contributed by atoms with Crippen LogP contribution in [0.2, 0.25) is 0 Å². The van der Waals surface area contributed by atoms with Gasteiger partial charge < -0.3 is 29.9 Å². The van der Waals surface area contributed by atoms with Crippen molar-refractivity contribution in [3.05, 3.63) is 12.2 Å². The van der Waals surface area contributed by atoms with Crippen molar-refractivity contribution in [3.8, 4) is 0 Å². The van der Waals surface area contributed by atoms with E-state index in [1.165, 1.54) is 6.92 Å². The molecule has 10 atom stereocenters. The molecule has 10 unspecified atom stereocenters. The van der Waals surface area contributed by atoms with Crippen molar-refractivity contribution in [2.45, 2.75) is 76.7 Å². The molecule has 2 saturated heterocycles. The van der Waals surface area contributed by atoms with Crippen LogP contribution in [0.1, 0.15) is 46.5 Å². The van der Waals surface area contributed by atoms with Crippen molar-refractivity contribution < 1.29 is 39.5 Å². The van der Waals surface area contributed by atoms with E-state index in [4.69, 9.17) is 9.47 Å². The minimum Gasteiger partial charge on any atom is -0.461 e. The van der Waals surface area contributed by atoms with Gasteiger partial charge in [-0.25, -0.2) is 0 Å². The highest BCUT2D eigenvalue weighted by molar-refractivity contribution is 5.83. The minimum atomic E-state index is -2.46. The lowest BCUT2D eigenvalue weighted by Gasteiger charge is -2.74. The third kappa shape index (κ3) is 1.82. The fraction of sp³-hybridized carbons (Fsp3) is 0.818. The lowest BCUT2D eigenvalue weighted by atomic mass is 9.35. The van der Waals surface area contributed by atoms with Gasteiger partial charge in [0.2, 0.25) is 5.79 Å². The Labute approximate surface area is 174 Å². The molecule has 4 saturated carbocycles. The molecule has 4 N–H and O–H groups in total. The molecule has 4 bridgehead atoms. The molecular weight excluding hydrogens is 392 g/mol. The van der Waals surface area contributed by atoms with Gasteiger partial charge in [-0.2, -0.15) is 0 Å². The number of esters is 2. The Balaban J connectivity index is 1.82. The topological polar surface area (TPSA) is 134 Å². The first-order chi connectivity index (χ1) is 13.9. The van der Waals surface area contributed by atoms with E-state index in [-0.39, 0.29) is 0 Å². The van der Waals surface area contributed by atoms with Gasteiger partial charge in [0.05, 0.1) is 17.6 Å². The van der Waals surface area contributed by atoms with E-state index in [0.29, 0.717) is 31.3 Å². The zero-order valence-electron chi connectivity index (χ0n) is 17.5. The zero-order valence-corrected chi connectivity index (χ0v) is 17.5. The van der Waals surface area contributed by atoms with Crippen LogP contribution in [0.3, 0.4) is 0 Å². The summed E-state index contributed by atoms with van der Waals surface area (Å²) >= 11 is 0. The van der Waals surface area contributed by atoms with Gasteiger partial charge in [0.15, 0.2) is 0 Å². The van der Waals surface area contributed by atoms with E-state index in [9.17, 15) is 30.0 Å². The summed E-state index contributed by atoms with van der Waals surface area (Å²) in [6, 6.07) is 0. The first-order valence-electron chi connectivity index (χ1n) is 10.7. The molecule has 2 heterocycles. The maximum absolute atomic E-state index is 13.6. The fourth-order valence-corrected chi connectivity index (χ4v) is 8.32. The SMILES string of the molecule is C=C1C2CCC3C45C(=O)OC(O)(C(O)C4C(C)(C)CCC5OC(C)=O)C3(C1O)C2O. The average Bonchev–Trinajstić information content (AvgIpc) is 2.74. The van der Waals surface area contributed by atoms with E-state index < -0.39 is 76.1 Å². The van der Waals surface area contributed by atoms with Gasteiger partial charge in [-0.1, -0.05) is 20.4 Å². The smallest absolute Gasteiger partial charge is 0.319 e. The molecule has 8 heteroatoms. The zero-order chi connectivity index (χ0) is 22.0. The second kappa shape index (κ2) is 5.65. The second-order valence-electron chi connectivity index (χ2n) is 10.7. The monoisotopic (exact) mass is 422 g/mol. The number of rotatable bonds is 1. The normalized spacial score (nSPS) is 55.5. The van der Waals surface area contributed by atoms with Gasteiger partial charge in [-0.3, -0.25) is 9.59 Å². The third-order valence-corrected chi connectivity index (χ3v) is 9.26. The maximum Gasteiger partial charge on any atom is 0.319 e. The Hall–Kier alpha value is -1.48. The number of aliphatic hydroxyl groups excluding tert-OH is 3. The lowest BCUT2D eigenvalue weighted by molar-refractivity contribution is -0.442. The minimum absolute atomic E-state index is 0.376. The van der Waals surface area contributed by atoms with Crippen molar-refractivity contribution in [1.29, 1.82) is 0 Å². The van der Waals surface area contributed by atoms with Gasteiger partial charge in [0, 0.05) is 18.8 Å². The van der Waals surface area contributed by atoms with Crippen LogP contribution in [0, 0.1) is 34.0 Å². The fourth-order valence-electron chi connectivity index (χ4n) is 8.32. The maximum atomic E-state index is 13.6. The summed E-state index contributed by atoms with van der Waals surface area (Å²) in [6.45, 7) is 9.05. The molecule has 0 amide bonds. The molecule has 0 aromatic heterocycles. The molecule has 0 aromatic carbocycles. The van der Waals surface area contributed by atoms with Crippen LogP contribution in [-0.4, -0.2) is 62.6 Å². The van der Waals surface area contributed by atoms with E-state index in [2.05, 4.69) is 6.58 Å². The molecule has 6 aliphatic rings. The van der Waals surface area contributed by atoms with E-state index >= 15 is 0 Å². The molecule has 2 spiro atoms. The molecule has 2 aliphatic heterocycles. The first-order valence-corrected chi connectivity index (χ1v) is 10.7. The molecule has 6 rings (SSSR count). The van der Waals surface area contributed by atoms with E-state index in [1.54, 1.807) is 0 Å². The Morgan fingerprint density at radius 1 is 1.17 bits per heavy atom. The molecule has 8 nitrogen and oxygen atoms in total. The summed E-state index contributed by atoms with van der Waals surface area (Å²) in [5.74, 6) is -5.73. The number of carbonyl (C=O) groups excluding carboxylic acids is 2. The van der Waals surface area contributed by atoms with Crippen LogP contribution in [0.15, 0.2) is 12.2 Å². The highest BCUT2D eigenvalue weighted by atomic mass is 16.7. The van der Waals surface area contributed by atoms with E-state index in [0.717, 1.165) is 0 Å². The summed E-state index contributed by atoms with van der Waals surface area (Å²) < 4.78 is 11.2. The van der Waals surface area contributed by atoms with Gasteiger partial charge >= 0.3 is 11.9 Å². The van der Waals surface area contributed by atoms with Crippen LogP contribution >= 0.6 is 0 Å². The highest BCUT2D eigenvalue weighted by Gasteiger charge is 2.90. The summed E-state index contributed by atoms with van der Waals surface area (Å²) in [4.78, 5) is 25.6. The van der Waals surface area contributed by atoms with Crippen LogP contribution < -0.4 is 0 Å². The molecule has 0 aromatic rings. The summed E-state index contributed by atoms with van der Waals surface area (Å²) in [5, 5.41) is 45.9. The Morgan fingerprint density at radius 3 is 2.47 bits per heavy atom. The van der Waals surface area contributed by atoms with Gasteiger partial charge in [-0.15, -0.1) is 0 Å². The number of carbonyl (C=O) groups is 2. The number of hydrogen-bond donors (Lipinski definition) is 4. The quantitative estimate of drug-likeness (QED) is 0.349. The van der Waals surface area contributed by atoms with Crippen LogP contribution in [0.25, 0.3) is 0 Å². The third-order valence-electron chi connectivity index (χ3n) is 9.26. The molecule has 0 radical (unpaired) electrons. The second-order valence-corrected chi connectivity index (χ2v) is 10.7. The van der Waals surface area contributed by atoms with Crippen molar-refractivity contribution in [1.82, 2.24) is 0 Å². The lowest BCUT2D eigenvalue weighted by Crippen LogP contribution is -2.87. The van der Waals surface area contributed by atoms with Crippen molar-refractivity contribution in [2.75, 3.05) is 0 Å². The standard InChI is InChI=1S/C22H30O8/c1-9-11-5-6-12-20-13(29-10(2)23)7-8-19(3,4)14(20)17(26)22(28,30-18(20)27)21(12,15(9)24)16(11)25/h11-17,24-26,28H,1,5-8H2,2-4H3. The largest absolute Gasteiger partial charge is 0.461 e. The predicted molar refractivity (Wildman–Crippen MR) is 101 cm³/mol. The van der Waals surface area contributed by atoms with Gasteiger partial charge in [-0.05, 0) is 42.6 Å².